The van der Waals surface area contributed by atoms with Crippen LogP contribution in [-0.2, 0) is 17.7 Å². The van der Waals surface area contributed by atoms with Crippen molar-refractivity contribution < 1.29 is 14.3 Å². The van der Waals surface area contributed by atoms with Gasteiger partial charge in [0.2, 0.25) is 0 Å². The van der Waals surface area contributed by atoms with Gasteiger partial charge < -0.3 is 25.0 Å². The second kappa shape index (κ2) is 15.5. The van der Waals surface area contributed by atoms with Crippen LogP contribution in [0.1, 0.15) is 34.0 Å². The van der Waals surface area contributed by atoms with Crippen LogP contribution >= 0.6 is 24.0 Å². The van der Waals surface area contributed by atoms with Gasteiger partial charge in [-0.3, -0.25) is 4.79 Å². The molecule has 7 nitrogen and oxygen atoms in total. The maximum Gasteiger partial charge on any atom is 0.253 e. The molecule has 1 amide bonds. The van der Waals surface area contributed by atoms with Crippen molar-refractivity contribution in [1.29, 1.82) is 0 Å². The third kappa shape index (κ3) is 10.00. The molecular weight excluding hydrogens is 531 g/mol. The monoisotopic (exact) mass is 568 g/mol. The molecule has 0 saturated heterocycles. The number of carbonyl (C=O) groups excluding carboxylic acids is 1. The zero-order valence-electron chi connectivity index (χ0n) is 20.3. The summed E-state index contributed by atoms with van der Waals surface area (Å²) in [4.78, 5) is 18.5. The molecule has 8 heteroatoms. The van der Waals surface area contributed by atoms with E-state index in [4.69, 9.17) is 14.5 Å². The van der Waals surface area contributed by atoms with E-state index in [1.807, 2.05) is 44.2 Å². The molecule has 0 saturated carbocycles. The second-order valence-electron chi connectivity index (χ2n) is 7.72. The van der Waals surface area contributed by atoms with Gasteiger partial charge in [0.05, 0.1) is 13.2 Å². The van der Waals surface area contributed by atoms with Gasteiger partial charge in [0.15, 0.2) is 5.96 Å². The summed E-state index contributed by atoms with van der Waals surface area (Å²) in [5, 5.41) is 6.66. The SMILES string of the molecule is CCNC(=NCc1ccc(C)cc1OCCOC)NCCc1cccc(C(=O)N(C)C)c1.I. The number of methoxy groups -OCH3 is 1. The molecule has 2 aromatic carbocycles. The molecule has 0 aliphatic carbocycles. The van der Waals surface area contributed by atoms with Crippen LogP contribution in [0, 0.1) is 6.92 Å². The van der Waals surface area contributed by atoms with E-state index in [1.54, 1.807) is 26.1 Å². The molecule has 0 fully saturated rings. The average Bonchev–Trinajstić information content (AvgIpc) is 2.78. The molecule has 2 aromatic rings. The van der Waals surface area contributed by atoms with Gasteiger partial charge in [-0.05, 0) is 49.6 Å². The number of aryl methyl sites for hydroxylation is 1. The molecule has 0 unspecified atom stereocenters. The number of benzene rings is 2. The quantitative estimate of drug-likeness (QED) is 0.188. The van der Waals surface area contributed by atoms with Gasteiger partial charge in [-0.25, -0.2) is 4.99 Å². The van der Waals surface area contributed by atoms with E-state index in [1.165, 1.54) is 0 Å². The molecule has 33 heavy (non-hydrogen) atoms. The Morgan fingerprint density at radius 3 is 2.58 bits per heavy atom. The Hall–Kier alpha value is -2.33. The number of hydrogen-bond acceptors (Lipinski definition) is 4. The lowest BCUT2D eigenvalue weighted by molar-refractivity contribution is 0.0827. The van der Waals surface area contributed by atoms with Crippen LogP contribution in [0.5, 0.6) is 5.75 Å². The predicted molar refractivity (Wildman–Crippen MR) is 145 cm³/mol. The van der Waals surface area contributed by atoms with E-state index in [-0.39, 0.29) is 29.9 Å². The van der Waals surface area contributed by atoms with Gasteiger partial charge in [0, 0.05) is 45.4 Å². The van der Waals surface area contributed by atoms with Crippen LogP contribution in [0.2, 0.25) is 0 Å². The molecule has 0 aromatic heterocycles. The Labute approximate surface area is 215 Å². The van der Waals surface area contributed by atoms with Gasteiger partial charge in [-0.1, -0.05) is 24.3 Å². The van der Waals surface area contributed by atoms with Gasteiger partial charge in [-0.2, -0.15) is 0 Å². The number of nitrogens with one attached hydrogen (secondary N) is 2. The van der Waals surface area contributed by atoms with Crippen LogP contribution in [0.3, 0.4) is 0 Å². The first-order valence-corrected chi connectivity index (χ1v) is 11.0. The zero-order valence-corrected chi connectivity index (χ0v) is 22.6. The van der Waals surface area contributed by atoms with Gasteiger partial charge >= 0.3 is 0 Å². The molecular formula is C25H37IN4O3. The first-order valence-electron chi connectivity index (χ1n) is 11.0. The summed E-state index contributed by atoms with van der Waals surface area (Å²) in [6.45, 7) is 7.11. The largest absolute Gasteiger partial charge is 0.491 e. The predicted octanol–water partition coefficient (Wildman–Crippen LogP) is 3.64. The number of nitrogens with zero attached hydrogens (tertiary/aromatic N) is 2. The van der Waals surface area contributed by atoms with E-state index in [0.29, 0.717) is 31.9 Å². The fourth-order valence-electron chi connectivity index (χ4n) is 3.11. The molecule has 0 bridgehead atoms. The first kappa shape index (κ1) is 28.7. The summed E-state index contributed by atoms with van der Waals surface area (Å²) in [6.07, 6.45) is 0.787. The maximum atomic E-state index is 12.2. The molecule has 0 radical (unpaired) electrons. The zero-order chi connectivity index (χ0) is 23.3. The second-order valence-corrected chi connectivity index (χ2v) is 7.72. The van der Waals surface area contributed by atoms with E-state index in [2.05, 4.69) is 22.8 Å². The van der Waals surface area contributed by atoms with Crippen LogP contribution in [0.15, 0.2) is 47.5 Å². The summed E-state index contributed by atoms with van der Waals surface area (Å²) in [5.41, 5.74) is 3.98. The lowest BCUT2D eigenvalue weighted by Crippen LogP contribution is -2.38. The third-order valence-corrected chi connectivity index (χ3v) is 4.81. The van der Waals surface area contributed by atoms with Crippen LogP contribution in [0.25, 0.3) is 0 Å². The van der Waals surface area contributed by atoms with Crippen molar-refractivity contribution in [3.8, 4) is 5.75 Å². The summed E-state index contributed by atoms with van der Waals surface area (Å²) in [6, 6.07) is 13.9. The highest BCUT2D eigenvalue weighted by atomic mass is 127. The van der Waals surface area contributed by atoms with Gasteiger partial charge in [0.1, 0.15) is 12.4 Å². The molecule has 2 rings (SSSR count). The topological polar surface area (TPSA) is 75.2 Å². The highest BCUT2D eigenvalue weighted by molar-refractivity contribution is 14.0. The van der Waals surface area contributed by atoms with Crippen molar-refractivity contribution in [2.24, 2.45) is 4.99 Å². The molecule has 0 aliphatic heterocycles. The standard InChI is InChI=1S/C25H36N4O3.HI/c1-6-26-25(27-13-12-20-8-7-9-21(17-20)24(30)29(3)4)28-18-22-11-10-19(2)16-23(22)32-15-14-31-5;/h7-11,16-17H,6,12-15,18H2,1-5H3,(H2,26,27,28);1H. The van der Waals surface area contributed by atoms with Crippen LogP contribution in [0.4, 0.5) is 0 Å². The molecule has 0 atom stereocenters. The Morgan fingerprint density at radius 2 is 1.88 bits per heavy atom. The molecule has 0 heterocycles. The molecule has 2 N–H and O–H groups in total. The number of amides is 1. The van der Waals surface area contributed by atoms with Crippen molar-refractivity contribution in [3.63, 3.8) is 0 Å². The fraction of sp³-hybridized carbons (Fsp3) is 0.440. The number of carbonyl (C=O) groups is 1. The van der Waals surface area contributed by atoms with E-state index < -0.39 is 0 Å². The number of halogens is 1. The first-order chi connectivity index (χ1) is 15.4. The molecule has 182 valence electrons. The average molecular weight is 569 g/mol. The minimum atomic E-state index is 0. The van der Waals surface area contributed by atoms with Gasteiger partial charge in [0.25, 0.3) is 5.91 Å². The summed E-state index contributed by atoms with van der Waals surface area (Å²) >= 11 is 0. The lowest BCUT2D eigenvalue weighted by Gasteiger charge is -2.14. The smallest absolute Gasteiger partial charge is 0.253 e. The number of hydrogen-bond donors (Lipinski definition) is 2. The molecule has 0 spiro atoms. The summed E-state index contributed by atoms with van der Waals surface area (Å²) in [7, 11) is 5.19. The normalized spacial score (nSPS) is 10.9. The number of guanidine groups is 1. The highest BCUT2D eigenvalue weighted by Crippen LogP contribution is 2.21. The van der Waals surface area contributed by atoms with Crippen molar-refractivity contribution in [2.75, 3.05) is 47.5 Å². The van der Waals surface area contributed by atoms with E-state index >= 15 is 0 Å². The summed E-state index contributed by atoms with van der Waals surface area (Å²) < 4.78 is 11.0. The van der Waals surface area contributed by atoms with Crippen LogP contribution in [-0.4, -0.2) is 64.3 Å². The van der Waals surface area contributed by atoms with Crippen molar-refractivity contribution in [3.05, 3.63) is 64.7 Å². The highest BCUT2D eigenvalue weighted by Gasteiger charge is 2.09. The van der Waals surface area contributed by atoms with E-state index in [0.717, 1.165) is 41.4 Å². The number of ether oxygens (including phenoxy) is 2. The minimum absolute atomic E-state index is 0. The molecule has 0 aliphatic rings. The summed E-state index contributed by atoms with van der Waals surface area (Å²) in [5.74, 6) is 1.59. The minimum Gasteiger partial charge on any atom is -0.491 e. The third-order valence-electron chi connectivity index (χ3n) is 4.81. The maximum absolute atomic E-state index is 12.2. The Balaban J connectivity index is 0.00000544. The Morgan fingerprint density at radius 1 is 1.09 bits per heavy atom. The number of aliphatic imine (C=N–C) groups is 1. The lowest BCUT2D eigenvalue weighted by atomic mass is 10.1. The van der Waals surface area contributed by atoms with Gasteiger partial charge in [-0.15, -0.1) is 24.0 Å². The van der Waals surface area contributed by atoms with Crippen molar-refractivity contribution >= 4 is 35.8 Å². The van der Waals surface area contributed by atoms with Crippen molar-refractivity contribution in [2.45, 2.75) is 26.8 Å². The number of rotatable bonds is 11. The Kier molecular flexibility index (Phi) is 13.5. The van der Waals surface area contributed by atoms with Crippen LogP contribution < -0.4 is 15.4 Å². The van der Waals surface area contributed by atoms with Crippen molar-refractivity contribution in [1.82, 2.24) is 15.5 Å². The van der Waals surface area contributed by atoms with E-state index in [9.17, 15) is 4.79 Å². The Bertz CT molecular complexity index is 903. The fourth-order valence-corrected chi connectivity index (χ4v) is 3.11.